The van der Waals surface area contributed by atoms with Crippen LogP contribution in [0.4, 0.5) is 0 Å². The minimum Gasteiger partial charge on any atom is -0.388 e. The van der Waals surface area contributed by atoms with Crippen LogP contribution in [0.15, 0.2) is 22.9 Å². The summed E-state index contributed by atoms with van der Waals surface area (Å²) in [6.45, 7) is 2.05. The summed E-state index contributed by atoms with van der Waals surface area (Å²) >= 11 is 3.24. The van der Waals surface area contributed by atoms with Gasteiger partial charge in [0.05, 0.1) is 6.10 Å². The number of pyridine rings is 1. The largest absolute Gasteiger partial charge is 0.388 e. The third kappa shape index (κ3) is 2.57. The van der Waals surface area contributed by atoms with Crippen LogP contribution in [0.3, 0.4) is 0 Å². The highest BCUT2D eigenvalue weighted by Gasteiger charge is 2.05. The van der Waals surface area contributed by atoms with Crippen LogP contribution >= 0.6 is 15.9 Å². The maximum absolute atomic E-state index is 9.56. The molecule has 3 heteroatoms. The maximum Gasteiger partial charge on any atom is 0.106 e. The van der Waals surface area contributed by atoms with E-state index in [-0.39, 0.29) is 6.10 Å². The Balaban J connectivity index is 2.68. The standard InChI is InChI=1S/C9H12BrNO/c1-2-3-8(12)7-4-5-9(10)11-6-7/h4-6,8,12H,2-3H2,1H3. The second-order valence-corrected chi connectivity index (χ2v) is 3.53. The van der Waals surface area contributed by atoms with Crippen molar-refractivity contribution in [3.63, 3.8) is 0 Å². The first-order valence-corrected chi connectivity index (χ1v) is 4.83. The van der Waals surface area contributed by atoms with Gasteiger partial charge in [-0.15, -0.1) is 0 Å². The first kappa shape index (κ1) is 9.68. The fourth-order valence-electron chi connectivity index (χ4n) is 1.02. The number of halogens is 1. The van der Waals surface area contributed by atoms with Gasteiger partial charge < -0.3 is 5.11 Å². The van der Waals surface area contributed by atoms with Crippen molar-refractivity contribution in [1.82, 2.24) is 4.98 Å². The molecule has 0 aliphatic rings. The molecule has 0 aliphatic heterocycles. The summed E-state index contributed by atoms with van der Waals surface area (Å²) in [6, 6.07) is 3.73. The number of aliphatic hydroxyl groups excluding tert-OH is 1. The molecule has 0 saturated carbocycles. The van der Waals surface area contributed by atoms with E-state index in [1.54, 1.807) is 6.20 Å². The average Bonchev–Trinajstić information content (AvgIpc) is 2.06. The highest BCUT2D eigenvalue weighted by molar-refractivity contribution is 9.10. The first-order chi connectivity index (χ1) is 5.74. The predicted molar refractivity (Wildman–Crippen MR) is 51.8 cm³/mol. The van der Waals surface area contributed by atoms with Gasteiger partial charge >= 0.3 is 0 Å². The molecule has 0 aromatic carbocycles. The van der Waals surface area contributed by atoms with Crippen molar-refractivity contribution in [2.45, 2.75) is 25.9 Å². The van der Waals surface area contributed by atoms with Crippen LogP contribution in [0.25, 0.3) is 0 Å². The zero-order valence-electron chi connectivity index (χ0n) is 7.00. The molecule has 1 heterocycles. The number of hydrogen-bond acceptors (Lipinski definition) is 2. The van der Waals surface area contributed by atoms with Gasteiger partial charge in [-0.3, -0.25) is 0 Å². The Morgan fingerprint density at radius 1 is 1.58 bits per heavy atom. The molecule has 12 heavy (non-hydrogen) atoms. The molecule has 1 rings (SSSR count). The van der Waals surface area contributed by atoms with Crippen molar-refractivity contribution < 1.29 is 5.11 Å². The van der Waals surface area contributed by atoms with E-state index in [0.29, 0.717) is 0 Å². The molecule has 0 aliphatic carbocycles. The van der Waals surface area contributed by atoms with Crippen LogP contribution in [-0.2, 0) is 0 Å². The van der Waals surface area contributed by atoms with Gasteiger partial charge in [0.25, 0.3) is 0 Å². The highest BCUT2D eigenvalue weighted by atomic mass is 79.9. The molecule has 1 atom stereocenters. The molecule has 1 aromatic rings. The van der Waals surface area contributed by atoms with Crippen molar-refractivity contribution in [3.05, 3.63) is 28.5 Å². The van der Waals surface area contributed by atoms with Crippen LogP contribution in [0.2, 0.25) is 0 Å². The maximum atomic E-state index is 9.56. The van der Waals surface area contributed by atoms with E-state index < -0.39 is 0 Å². The summed E-state index contributed by atoms with van der Waals surface area (Å²) in [6.07, 6.45) is 3.11. The van der Waals surface area contributed by atoms with Gasteiger partial charge in [0.2, 0.25) is 0 Å². The molecule has 1 aromatic heterocycles. The molecule has 0 saturated heterocycles. The van der Waals surface area contributed by atoms with E-state index in [1.165, 1.54) is 0 Å². The van der Waals surface area contributed by atoms with E-state index in [4.69, 9.17) is 0 Å². The van der Waals surface area contributed by atoms with E-state index in [9.17, 15) is 5.11 Å². The zero-order valence-corrected chi connectivity index (χ0v) is 8.58. The molecule has 66 valence electrons. The average molecular weight is 230 g/mol. The van der Waals surface area contributed by atoms with E-state index in [2.05, 4.69) is 27.8 Å². The Hall–Kier alpha value is -0.410. The van der Waals surface area contributed by atoms with E-state index in [1.807, 2.05) is 12.1 Å². The van der Waals surface area contributed by atoms with Crippen molar-refractivity contribution in [2.24, 2.45) is 0 Å². The molecule has 1 unspecified atom stereocenters. The summed E-state index contributed by atoms with van der Waals surface area (Å²) in [5.74, 6) is 0. The second kappa shape index (κ2) is 4.58. The number of hydrogen-bond donors (Lipinski definition) is 1. The SMILES string of the molecule is CCCC(O)c1ccc(Br)nc1. The second-order valence-electron chi connectivity index (χ2n) is 2.72. The Bertz CT molecular complexity index is 235. The molecule has 0 spiro atoms. The van der Waals surface area contributed by atoms with Crippen molar-refractivity contribution in [3.8, 4) is 0 Å². The molecular weight excluding hydrogens is 218 g/mol. The minimum absolute atomic E-state index is 0.365. The van der Waals surface area contributed by atoms with Gasteiger partial charge in [-0.05, 0) is 34.0 Å². The summed E-state index contributed by atoms with van der Waals surface area (Å²) in [5, 5.41) is 9.56. The molecule has 0 amide bonds. The number of nitrogens with zero attached hydrogens (tertiary/aromatic N) is 1. The minimum atomic E-state index is -0.365. The lowest BCUT2D eigenvalue weighted by molar-refractivity contribution is 0.166. The number of rotatable bonds is 3. The van der Waals surface area contributed by atoms with Gasteiger partial charge in [-0.2, -0.15) is 0 Å². The molecule has 1 N–H and O–H groups in total. The summed E-state index contributed by atoms with van der Waals surface area (Å²) in [5.41, 5.74) is 0.889. The Labute approximate surface area is 80.8 Å². The van der Waals surface area contributed by atoms with Crippen LogP contribution in [0, 0.1) is 0 Å². The van der Waals surface area contributed by atoms with Gasteiger partial charge in [-0.25, -0.2) is 4.98 Å². The Morgan fingerprint density at radius 3 is 2.83 bits per heavy atom. The monoisotopic (exact) mass is 229 g/mol. The third-order valence-corrected chi connectivity index (χ3v) is 2.17. The Kier molecular flexibility index (Phi) is 3.69. The molecule has 0 radical (unpaired) electrons. The van der Waals surface area contributed by atoms with E-state index >= 15 is 0 Å². The van der Waals surface area contributed by atoms with Crippen LogP contribution in [-0.4, -0.2) is 10.1 Å². The van der Waals surface area contributed by atoms with Gasteiger partial charge in [0.1, 0.15) is 4.60 Å². The molecule has 2 nitrogen and oxygen atoms in total. The lowest BCUT2D eigenvalue weighted by Gasteiger charge is -2.08. The highest BCUT2D eigenvalue weighted by Crippen LogP contribution is 2.18. The number of aliphatic hydroxyl groups is 1. The topological polar surface area (TPSA) is 33.1 Å². The lowest BCUT2D eigenvalue weighted by Crippen LogP contribution is -1.96. The van der Waals surface area contributed by atoms with Gasteiger partial charge in [0, 0.05) is 6.20 Å². The van der Waals surface area contributed by atoms with Gasteiger partial charge in [0.15, 0.2) is 0 Å². The van der Waals surface area contributed by atoms with Crippen molar-refractivity contribution in [2.75, 3.05) is 0 Å². The zero-order chi connectivity index (χ0) is 8.97. The lowest BCUT2D eigenvalue weighted by atomic mass is 10.1. The van der Waals surface area contributed by atoms with Crippen LogP contribution < -0.4 is 0 Å². The normalized spacial score (nSPS) is 12.9. The molecular formula is C9H12BrNO. The van der Waals surface area contributed by atoms with Crippen molar-refractivity contribution in [1.29, 1.82) is 0 Å². The fourth-order valence-corrected chi connectivity index (χ4v) is 1.26. The smallest absolute Gasteiger partial charge is 0.106 e. The van der Waals surface area contributed by atoms with Crippen molar-refractivity contribution >= 4 is 15.9 Å². The van der Waals surface area contributed by atoms with Gasteiger partial charge in [-0.1, -0.05) is 19.4 Å². The molecule has 0 fully saturated rings. The van der Waals surface area contributed by atoms with Crippen LogP contribution in [0.5, 0.6) is 0 Å². The fraction of sp³-hybridized carbons (Fsp3) is 0.444. The number of aromatic nitrogens is 1. The van der Waals surface area contributed by atoms with E-state index in [0.717, 1.165) is 23.0 Å². The Morgan fingerprint density at radius 2 is 2.33 bits per heavy atom. The predicted octanol–water partition coefficient (Wildman–Crippen LogP) is 2.68. The molecule has 0 bridgehead atoms. The third-order valence-electron chi connectivity index (χ3n) is 1.70. The quantitative estimate of drug-likeness (QED) is 0.809. The first-order valence-electron chi connectivity index (χ1n) is 4.03. The summed E-state index contributed by atoms with van der Waals surface area (Å²) in [7, 11) is 0. The summed E-state index contributed by atoms with van der Waals surface area (Å²) in [4.78, 5) is 4.04. The summed E-state index contributed by atoms with van der Waals surface area (Å²) < 4.78 is 0.801. The van der Waals surface area contributed by atoms with Crippen LogP contribution in [0.1, 0.15) is 31.4 Å².